The van der Waals surface area contributed by atoms with Crippen LogP contribution in [0.5, 0.6) is 0 Å². The molecule has 12 heavy (non-hydrogen) atoms. The minimum absolute atomic E-state index is 0.468. The van der Waals surface area contributed by atoms with Crippen LogP contribution in [-0.4, -0.2) is 19.3 Å². The van der Waals surface area contributed by atoms with E-state index in [1.165, 1.54) is 6.42 Å². The van der Waals surface area contributed by atoms with Crippen LogP contribution >= 0.6 is 0 Å². The van der Waals surface area contributed by atoms with E-state index in [9.17, 15) is 0 Å². The summed E-state index contributed by atoms with van der Waals surface area (Å²) in [5, 5.41) is 0. The normalized spacial score (nSPS) is 13.2. The number of rotatable bonds is 8. The molecule has 3 heteroatoms. The van der Waals surface area contributed by atoms with Crippen molar-refractivity contribution in [3.63, 3.8) is 0 Å². The van der Waals surface area contributed by atoms with Gasteiger partial charge >= 0.3 is 0 Å². The molecular formula is C9H22N2O. The van der Waals surface area contributed by atoms with Crippen molar-refractivity contribution in [1.29, 1.82) is 0 Å². The van der Waals surface area contributed by atoms with Gasteiger partial charge in [0.25, 0.3) is 0 Å². The number of hydrogen-bond acceptors (Lipinski definition) is 3. The van der Waals surface area contributed by atoms with Crippen LogP contribution in [0.25, 0.3) is 0 Å². The summed E-state index contributed by atoms with van der Waals surface area (Å²) in [5.74, 6) is 5.38. The number of hydrazine groups is 1. The van der Waals surface area contributed by atoms with Crippen LogP contribution in [0.15, 0.2) is 0 Å². The molecule has 0 aliphatic rings. The van der Waals surface area contributed by atoms with Gasteiger partial charge in [0.15, 0.2) is 0 Å². The summed E-state index contributed by atoms with van der Waals surface area (Å²) < 4.78 is 5.24. The third kappa shape index (κ3) is 6.58. The third-order valence-corrected chi connectivity index (χ3v) is 1.92. The van der Waals surface area contributed by atoms with Crippen molar-refractivity contribution in [3.8, 4) is 0 Å². The summed E-state index contributed by atoms with van der Waals surface area (Å²) >= 11 is 0. The predicted molar refractivity (Wildman–Crippen MR) is 51.7 cm³/mol. The lowest BCUT2D eigenvalue weighted by atomic mass is 10.1. The Kier molecular flexibility index (Phi) is 8.88. The second kappa shape index (κ2) is 8.97. The molecule has 0 bridgehead atoms. The molecule has 3 N–H and O–H groups in total. The first-order valence-electron chi connectivity index (χ1n) is 4.89. The van der Waals surface area contributed by atoms with Crippen LogP contribution in [0.4, 0.5) is 0 Å². The van der Waals surface area contributed by atoms with Crippen molar-refractivity contribution in [3.05, 3.63) is 0 Å². The summed E-state index contributed by atoms with van der Waals surface area (Å²) in [6, 6.07) is 0.468. The fourth-order valence-electron chi connectivity index (χ4n) is 1.24. The number of nitrogens with two attached hydrogens (primary N) is 1. The molecule has 0 rings (SSSR count). The highest BCUT2D eigenvalue weighted by Gasteiger charge is 2.03. The molecule has 0 aromatic carbocycles. The summed E-state index contributed by atoms with van der Waals surface area (Å²) in [6.07, 6.45) is 4.55. The number of hydrogen-bond donors (Lipinski definition) is 2. The minimum atomic E-state index is 0.468. The quantitative estimate of drug-likeness (QED) is 0.332. The van der Waals surface area contributed by atoms with Crippen LogP contribution in [0.3, 0.4) is 0 Å². The first kappa shape index (κ1) is 11.9. The Bertz CT molecular complexity index is 88.6. The van der Waals surface area contributed by atoms with Crippen molar-refractivity contribution in [2.24, 2.45) is 5.84 Å². The molecule has 0 heterocycles. The SMILES string of the molecule is CCCC(CCCOCC)NN. The van der Waals surface area contributed by atoms with E-state index in [-0.39, 0.29) is 0 Å². The van der Waals surface area contributed by atoms with Gasteiger partial charge in [-0.05, 0) is 26.2 Å². The smallest absolute Gasteiger partial charge is 0.0466 e. The van der Waals surface area contributed by atoms with Crippen LogP contribution in [0.1, 0.15) is 39.5 Å². The van der Waals surface area contributed by atoms with Crippen molar-refractivity contribution in [2.75, 3.05) is 13.2 Å². The van der Waals surface area contributed by atoms with Crippen LogP contribution in [0.2, 0.25) is 0 Å². The van der Waals surface area contributed by atoms with Crippen LogP contribution in [0, 0.1) is 0 Å². The van der Waals surface area contributed by atoms with Gasteiger partial charge < -0.3 is 4.74 Å². The zero-order valence-electron chi connectivity index (χ0n) is 8.31. The molecule has 74 valence electrons. The highest BCUT2D eigenvalue weighted by Crippen LogP contribution is 2.03. The molecule has 1 atom stereocenters. The largest absolute Gasteiger partial charge is 0.382 e. The van der Waals surface area contributed by atoms with Crippen molar-refractivity contribution in [2.45, 2.75) is 45.6 Å². The molecule has 0 aromatic heterocycles. The van der Waals surface area contributed by atoms with E-state index < -0.39 is 0 Å². The highest BCUT2D eigenvalue weighted by molar-refractivity contribution is 4.61. The summed E-state index contributed by atoms with van der Waals surface area (Å²) in [5.41, 5.74) is 2.82. The minimum Gasteiger partial charge on any atom is -0.382 e. The molecule has 0 aliphatic heterocycles. The van der Waals surface area contributed by atoms with Gasteiger partial charge in [-0.15, -0.1) is 0 Å². The van der Waals surface area contributed by atoms with Crippen molar-refractivity contribution >= 4 is 0 Å². The molecular weight excluding hydrogens is 152 g/mol. The van der Waals surface area contributed by atoms with Crippen molar-refractivity contribution < 1.29 is 4.74 Å². The molecule has 0 fully saturated rings. The van der Waals surface area contributed by atoms with Gasteiger partial charge in [0.2, 0.25) is 0 Å². The monoisotopic (exact) mass is 174 g/mol. The Hall–Kier alpha value is -0.120. The number of nitrogens with one attached hydrogen (secondary N) is 1. The van der Waals surface area contributed by atoms with Gasteiger partial charge in [-0.25, -0.2) is 0 Å². The van der Waals surface area contributed by atoms with E-state index in [1.807, 2.05) is 6.92 Å². The molecule has 0 amide bonds. The third-order valence-electron chi connectivity index (χ3n) is 1.92. The van der Waals surface area contributed by atoms with E-state index >= 15 is 0 Å². The lowest BCUT2D eigenvalue weighted by molar-refractivity contribution is 0.140. The molecule has 3 nitrogen and oxygen atoms in total. The van der Waals surface area contributed by atoms with Gasteiger partial charge in [-0.3, -0.25) is 11.3 Å². The lowest BCUT2D eigenvalue weighted by Gasteiger charge is -2.13. The zero-order valence-corrected chi connectivity index (χ0v) is 8.31. The molecule has 0 saturated carbocycles. The van der Waals surface area contributed by atoms with Gasteiger partial charge in [-0.2, -0.15) is 0 Å². The maximum atomic E-state index is 5.38. The Morgan fingerprint density at radius 1 is 1.33 bits per heavy atom. The summed E-state index contributed by atoms with van der Waals surface area (Å²) in [4.78, 5) is 0. The highest BCUT2D eigenvalue weighted by atomic mass is 16.5. The average Bonchev–Trinajstić information content (AvgIpc) is 2.10. The summed E-state index contributed by atoms with van der Waals surface area (Å²) in [7, 11) is 0. The molecule has 0 radical (unpaired) electrons. The van der Waals surface area contributed by atoms with Gasteiger partial charge in [0.05, 0.1) is 0 Å². The van der Waals surface area contributed by atoms with E-state index in [0.29, 0.717) is 6.04 Å². The van der Waals surface area contributed by atoms with Crippen LogP contribution < -0.4 is 11.3 Å². The van der Waals surface area contributed by atoms with Crippen molar-refractivity contribution in [1.82, 2.24) is 5.43 Å². The Labute approximate surface area is 75.6 Å². The van der Waals surface area contributed by atoms with E-state index in [2.05, 4.69) is 12.3 Å². The topological polar surface area (TPSA) is 47.3 Å². The standard InChI is InChI=1S/C9H22N2O/c1-3-6-9(11-10)7-5-8-12-4-2/h9,11H,3-8,10H2,1-2H3. The number of ether oxygens (including phenoxy) is 1. The predicted octanol–water partition coefficient (Wildman–Crippen LogP) is 1.44. The fraction of sp³-hybridized carbons (Fsp3) is 1.00. The maximum absolute atomic E-state index is 5.38. The van der Waals surface area contributed by atoms with E-state index in [0.717, 1.165) is 32.5 Å². The van der Waals surface area contributed by atoms with Gasteiger partial charge in [0, 0.05) is 19.3 Å². The van der Waals surface area contributed by atoms with E-state index in [1.54, 1.807) is 0 Å². The molecule has 0 saturated heterocycles. The molecule has 1 unspecified atom stereocenters. The first-order chi connectivity index (χ1) is 5.85. The fourth-order valence-corrected chi connectivity index (χ4v) is 1.24. The zero-order chi connectivity index (χ0) is 9.23. The summed E-state index contributed by atoms with van der Waals surface area (Å²) in [6.45, 7) is 5.87. The maximum Gasteiger partial charge on any atom is 0.0466 e. The molecule has 0 aromatic rings. The Morgan fingerprint density at radius 3 is 2.58 bits per heavy atom. The molecule has 0 spiro atoms. The lowest BCUT2D eigenvalue weighted by Crippen LogP contribution is -2.35. The van der Waals surface area contributed by atoms with Gasteiger partial charge in [0.1, 0.15) is 0 Å². The first-order valence-corrected chi connectivity index (χ1v) is 4.89. The Morgan fingerprint density at radius 2 is 2.08 bits per heavy atom. The van der Waals surface area contributed by atoms with E-state index in [4.69, 9.17) is 10.6 Å². The Balaban J connectivity index is 3.19. The second-order valence-electron chi connectivity index (χ2n) is 2.99. The average molecular weight is 174 g/mol. The van der Waals surface area contributed by atoms with Gasteiger partial charge in [-0.1, -0.05) is 13.3 Å². The second-order valence-corrected chi connectivity index (χ2v) is 2.99. The molecule has 0 aliphatic carbocycles. The van der Waals surface area contributed by atoms with Crippen LogP contribution in [-0.2, 0) is 4.74 Å².